The molecule has 0 atom stereocenters. The first kappa shape index (κ1) is 5.86. The van der Waals surface area contributed by atoms with Crippen molar-refractivity contribution >= 4 is 28.1 Å². The molecule has 0 aliphatic heterocycles. The number of hydrogen-bond donors (Lipinski definition) is 0. The summed E-state index contributed by atoms with van der Waals surface area (Å²) in [6, 6.07) is 0. The fourth-order valence-electron chi connectivity index (χ4n) is 0.192. The molecule has 0 amide bonds. The zero-order valence-corrected chi connectivity index (χ0v) is 4.27. The Balaban J connectivity index is 2.81. The third-order valence-electron chi connectivity index (χ3n) is 0.368. The van der Waals surface area contributed by atoms with E-state index in [0.717, 1.165) is 0 Å². The van der Waals surface area contributed by atoms with Crippen LogP contribution in [0.15, 0.2) is 0 Å². The molecule has 0 rings (SSSR count). The van der Waals surface area contributed by atoms with E-state index < -0.39 is 0 Å². The van der Waals surface area contributed by atoms with Gasteiger partial charge in [-0.05, 0) is 0 Å². The van der Waals surface area contributed by atoms with Gasteiger partial charge in [-0.25, -0.2) is 0 Å². The Bertz CT molecular complexity index is 44.1. The van der Waals surface area contributed by atoms with Crippen LogP contribution < -0.4 is 0 Å². The van der Waals surface area contributed by atoms with E-state index in [1.165, 1.54) is 7.12 Å². The monoisotopic (exact) mass is 80.1 g/mol. The first-order chi connectivity index (χ1) is 2.77. The third kappa shape index (κ3) is 3.86. The predicted molar refractivity (Wildman–Crippen MR) is 34.1 cm³/mol. The van der Waals surface area contributed by atoms with Crippen molar-refractivity contribution in [1.29, 1.82) is 0 Å². The van der Waals surface area contributed by atoms with Gasteiger partial charge in [0.25, 0.3) is 0 Å². The van der Waals surface area contributed by atoms with Crippen LogP contribution in [0.2, 0.25) is 6.82 Å². The second-order valence-electron chi connectivity index (χ2n) is 1.35. The summed E-state index contributed by atoms with van der Waals surface area (Å²) in [7, 11) is 3.41. The summed E-state index contributed by atoms with van der Waals surface area (Å²) in [4.78, 5) is 0. The Hall–Kier alpha value is -0.135. The van der Waals surface area contributed by atoms with Crippen molar-refractivity contribution in [1.82, 2.24) is 0 Å². The Morgan fingerprint density at radius 2 is 2.50 bits per heavy atom. The van der Waals surface area contributed by atoms with Gasteiger partial charge in [-0.2, -0.15) is 0 Å². The van der Waals surface area contributed by atoms with Gasteiger partial charge < -0.3 is 0 Å². The molecule has 0 aromatic carbocycles. The third-order valence-corrected chi connectivity index (χ3v) is 0.368. The van der Waals surface area contributed by atoms with Gasteiger partial charge in [0.05, 0.1) is 0 Å². The van der Waals surface area contributed by atoms with Crippen molar-refractivity contribution in [3.63, 3.8) is 0 Å². The van der Waals surface area contributed by atoms with Crippen LogP contribution in [0.25, 0.3) is 0 Å². The molecule has 0 aliphatic rings. The summed E-state index contributed by atoms with van der Waals surface area (Å²) in [6.07, 6.45) is 0. The molecule has 0 bridgehead atoms. The summed E-state index contributed by atoms with van der Waals surface area (Å²) in [6.45, 7) is 5.62. The van der Waals surface area contributed by atoms with Gasteiger partial charge in [0.1, 0.15) is 0 Å². The fraction of sp³-hybridized carbons (Fsp3) is 0.500. The van der Waals surface area contributed by atoms with E-state index >= 15 is 0 Å². The molecular formula is C2H7B3O. The van der Waals surface area contributed by atoms with Crippen LogP contribution in [0.4, 0.5) is 0 Å². The van der Waals surface area contributed by atoms with Gasteiger partial charge in [0.15, 0.2) is 0 Å². The SMILES string of the molecule is BB(C)OB=C. The molecule has 0 unspecified atom stereocenters. The zero-order valence-electron chi connectivity index (χ0n) is 4.27. The van der Waals surface area contributed by atoms with Gasteiger partial charge in [-0.15, -0.1) is 0 Å². The normalized spacial score (nSPS) is 6.17. The molecule has 6 heavy (non-hydrogen) atoms. The topological polar surface area (TPSA) is 9.23 Å². The summed E-state index contributed by atoms with van der Waals surface area (Å²) < 4.78 is 4.81. The quantitative estimate of drug-likeness (QED) is 0.378. The first-order valence-electron chi connectivity index (χ1n) is 2.03. The summed E-state index contributed by atoms with van der Waals surface area (Å²) in [5, 5.41) is 0. The zero-order chi connectivity index (χ0) is 4.99. The van der Waals surface area contributed by atoms with Gasteiger partial charge in [0.2, 0.25) is 0 Å². The fourth-order valence-corrected chi connectivity index (χ4v) is 0.192. The van der Waals surface area contributed by atoms with Crippen LogP contribution >= 0.6 is 0 Å². The van der Waals surface area contributed by atoms with E-state index in [0.29, 0.717) is 0 Å². The van der Waals surface area contributed by atoms with Crippen molar-refractivity contribution in [2.24, 2.45) is 0 Å². The van der Waals surface area contributed by atoms with E-state index in [2.05, 4.69) is 6.47 Å². The molecule has 0 fully saturated rings. The Kier molecular flexibility index (Phi) is 3.00. The summed E-state index contributed by atoms with van der Waals surface area (Å²) >= 11 is 0. The number of hydrogen-bond acceptors (Lipinski definition) is 1. The molecular weight excluding hydrogens is 72.5 g/mol. The number of rotatable bonds is 2. The molecule has 0 heterocycles. The van der Waals surface area contributed by atoms with E-state index in [1.54, 1.807) is 0 Å². The Morgan fingerprint density at radius 3 is 2.50 bits per heavy atom. The van der Waals surface area contributed by atoms with Crippen molar-refractivity contribution in [3.05, 3.63) is 0 Å². The van der Waals surface area contributed by atoms with Crippen LogP contribution in [0, 0.1) is 0 Å². The first-order valence-corrected chi connectivity index (χ1v) is 2.03. The molecule has 0 aromatic rings. The van der Waals surface area contributed by atoms with Crippen LogP contribution in [0.5, 0.6) is 0 Å². The Labute approximate surface area is 40.5 Å². The molecule has 0 radical (unpaired) electrons. The van der Waals surface area contributed by atoms with Crippen molar-refractivity contribution < 1.29 is 4.57 Å². The van der Waals surface area contributed by atoms with E-state index in [4.69, 9.17) is 4.57 Å². The van der Waals surface area contributed by atoms with E-state index in [9.17, 15) is 0 Å². The molecule has 0 saturated heterocycles. The maximum atomic E-state index is 4.81. The molecule has 30 valence electrons. The van der Waals surface area contributed by atoms with Gasteiger partial charge in [-0.3, -0.25) is 0 Å². The van der Waals surface area contributed by atoms with Crippen LogP contribution in [-0.4, -0.2) is 28.1 Å². The van der Waals surface area contributed by atoms with E-state index in [-0.39, 0.29) is 6.81 Å². The molecule has 0 saturated carbocycles. The van der Waals surface area contributed by atoms with Crippen LogP contribution in [0.3, 0.4) is 0 Å². The van der Waals surface area contributed by atoms with Crippen molar-refractivity contribution in [2.75, 3.05) is 0 Å². The summed E-state index contributed by atoms with van der Waals surface area (Å²) in [5.74, 6) is 0. The molecule has 0 aromatic heterocycles. The standard InChI is InChI=1S/C2H7B3O/c1-4-6-5(2)3/h1,3H2,2H3. The van der Waals surface area contributed by atoms with Crippen molar-refractivity contribution in [3.8, 4) is 0 Å². The maximum absolute atomic E-state index is 4.81. The van der Waals surface area contributed by atoms with Crippen LogP contribution in [0.1, 0.15) is 0 Å². The minimum absolute atomic E-state index is 0.280. The van der Waals surface area contributed by atoms with Gasteiger partial charge in [0, 0.05) is 0 Å². The van der Waals surface area contributed by atoms with Gasteiger partial charge >= 0.3 is 39.5 Å². The molecule has 0 N–H and O–H groups in total. The molecule has 4 heteroatoms. The van der Waals surface area contributed by atoms with Crippen molar-refractivity contribution in [2.45, 2.75) is 6.82 Å². The summed E-state index contributed by atoms with van der Waals surface area (Å²) in [5.41, 5.74) is 0. The Morgan fingerprint density at radius 1 is 2.00 bits per heavy atom. The second kappa shape index (κ2) is 3.07. The average molecular weight is 79.5 g/mol. The molecule has 0 spiro atoms. The second-order valence-corrected chi connectivity index (χ2v) is 1.35. The van der Waals surface area contributed by atoms with E-state index in [1.807, 2.05) is 14.6 Å². The molecule has 1 nitrogen and oxygen atoms in total. The van der Waals surface area contributed by atoms with Gasteiger partial charge in [-0.1, -0.05) is 0 Å². The van der Waals surface area contributed by atoms with Crippen LogP contribution in [-0.2, 0) is 4.57 Å². The molecule has 0 aliphatic carbocycles. The minimum atomic E-state index is 0.280. The predicted octanol–water partition coefficient (Wildman–Crippen LogP) is -1.19. The average Bonchev–Trinajstić information content (AvgIpc) is 1.35.